The summed E-state index contributed by atoms with van der Waals surface area (Å²) >= 11 is 6.63. The summed E-state index contributed by atoms with van der Waals surface area (Å²) in [5.74, 6) is -0.457. The Balaban J connectivity index is 2.22. The average molecular weight is 394 g/mol. The van der Waals surface area contributed by atoms with Crippen molar-refractivity contribution >= 4 is 37.8 Å². The second kappa shape index (κ2) is 6.24. The molecule has 1 aromatic carbocycles. The number of rotatable bonds is 3. The lowest BCUT2D eigenvalue weighted by Crippen LogP contribution is -2.34. The third-order valence-corrected chi connectivity index (χ3v) is 4.36. The van der Waals surface area contributed by atoms with Crippen LogP contribution < -0.4 is 4.74 Å². The van der Waals surface area contributed by atoms with Crippen LogP contribution in [0.3, 0.4) is 0 Å². The molecule has 2 rings (SSSR count). The predicted molar refractivity (Wildman–Crippen MR) is 77.7 cm³/mol. The average Bonchev–Trinajstić information content (AvgIpc) is 2.35. The van der Waals surface area contributed by atoms with E-state index in [2.05, 4.69) is 31.9 Å². The van der Waals surface area contributed by atoms with E-state index >= 15 is 0 Å². The first-order valence-electron chi connectivity index (χ1n) is 6.06. The van der Waals surface area contributed by atoms with Crippen molar-refractivity contribution in [1.82, 2.24) is 0 Å². The number of ether oxygens (including phenoxy) is 1. The van der Waals surface area contributed by atoms with E-state index in [1.54, 1.807) is 0 Å². The highest BCUT2D eigenvalue weighted by Crippen LogP contribution is 2.37. The molecule has 0 heterocycles. The molecule has 1 saturated carbocycles. The zero-order valence-corrected chi connectivity index (χ0v) is 13.3. The van der Waals surface area contributed by atoms with Gasteiger partial charge in [-0.25, -0.2) is 4.79 Å². The van der Waals surface area contributed by atoms with Crippen molar-refractivity contribution in [2.45, 2.75) is 37.9 Å². The second-order valence-electron chi connectivity index (χ2n) is 4.58. The van der Waals surface area contributed by atoms with Gasteiger partial charge in [-0.05, 0) is 63.3 Å². The molecule has 1 aliphatic carbocycles. The van der Waals surface area contributed by atoms with E-state index in [1.165, 1.54) is 12.1 Å². The van der Waals surface area contributed by atoms with Gasteiger partial charge in [-0.2, -0.15) is 0 Å². The van der Waals surface area contributed by atoms with Crippen molar-refractivity contribution in [3.05, 3.63) is 26.6 Å². The maximum absolute atomic E-state index is 10.9. The van der Waals surface area contributed by atoms with E-state index in [9.17, 15) is 9.90 Å². The first-order chi connectivity index (χ1) is 8.99. The van der Waals surface area contributed by atoms with Crippen LogP contribution in [-0.4, -0.2) is 28.4 Å². The van der Waals surface area contributed by atoms with Crippen molar-refractivity contribution in [1.29, 1.82) is 0 Å². The van der Waals surface area contributed by atoms with E-state index in [4.69, 9.17) is 9.84 Å². The van der Waals surface area contributed by atoms with Crippen molar-refractivity contribution in [3.8, 4) is 5.75 Å². The van der Waals surface area contributed by atoms with Gasteiger partial charge in [0.2, 0.25) is 0 Å². The molecule has 1 fully saturated rings. The molecular formula is C13H14Br2O4. The fourth-order valence-corrected chi connectivity index (χ4v) is 3.54. The monoisotopic (exact) mass is 392 g/mol. The van der Waals surface area contributed by atoms with Gasteiger partial charge in [0.25, 0.3) is 0 Å². The third-order valence-electron chi connectivity index (χ3n) is 3.18. The number of carboxylic acids is 1. The molecule has 0 bridgehead atoms. The van der Waals surface area contributed by atoms with E-state index in [0.29, 0.717) is 14.7 Å². The summed E-state index contributed by atoms with van der Waals surface area (Å²) in [5, 5.41) is 18.9. The fraction of sp³-hybridized carbons (Fsp3) is 0.462. The van der Waals surface area contributed by atoms with Crippen molar-refractivity contribution in [3.63, 3.8) is 0 Å². The molecule has 2 unspecified atom stereocenters. The van der Waals surface area contributed by atoms with E-state index in [-0.39, 0.29) is 11.7 Å². The van der Waals surface area contributed by atoms with Gasteiger partial charge in [0, 0.05) is 0 Å². The second-order valence-corrected chi connectivity index (χ2v) is 6.29. The van der Waals surface area contributed by atoms with Gasteiger partial charge in [-0.15, -0.1) is 0 Å². The zero-order chi connectivity index (χ0) is 14.0. The van der Waals surface area contributed by atoms with Crippen LogP contribution in [0.15, 0.2) is 21.1 Å². The summed E-state index contributed by atoms with van der Waals surface area (Å²) in [5.41, 5.74) is 0.176. The van der Waals surface area contributed by atoms with Gasteiger partial charge in [0.1, 0.15) is 11.9 Å². The molecule has 1 aliphatic rings. The molecule has 4 nitrogen and oxygen atoms in total. The Bertz CT molecular complexity index is 467. The van der Waals surface area contributed by atoms with Crippen molar-refractivity contribution < 1.29 is 19.7 Å². The molecule has 0 radical (unpaired) electrons. The van der Waals surface area contributed by atoms with Crippen LogP contribution in [0, 0.1) is 0 Å². The molecule has 6 heteroatoms. The molecule has 104 valence electrons. The summed E-state index contributed by atoms with van der Waals surface area (Å²) in [6.07, 6.45) is 2.89. The van der Waals surface area contributed by atoms with Crippen molar-refractivity contribution in [2.75, 3.05) is 0 Å². The van der Waals surface area contributed by atoms with Crippen LogP contribution in [0.1, 0.15) is 36.0 Å². The minimum Gasteiger partial charge on any atom is -0.485 e. The predicted octanol–water partition coefficient (Wildman–Crippen LogP) is 3.59. The number of aliphatic hydroxyl groups is 1. The first-order valence-corrected chi connectivity index (χ1v) is 7.64. The number of aromatic carboxylic acids is 1. The Kier molecular flexibility index (Phi) is 4.86. The highest BCUT2D eigenvalue weighted by Gasteiger charge is 2.26. The highest BCUT2D eigenvalue weighted by molar-refractivity contribution is 9.11. The number of aliphatic hydroxyl groups excluding tert-OH is 1. The summed E-state index contributed by atoms with van der Waals surface area (Å²) in [4.78, 5) is 10.9. The van der Waals surface area contributed by atoms with Gasteiger partial charge in [0.15, 0.2) is 0 Å². The highest BCUT2D eigenvalue weighted by atomic mass is 79.9. The smallest absolute Gasteiger partial charge is 0.335 e. The maximum atomic E-state index is 10.9. The Morgan fingerprint density at radius 2 is 1.79 bits per heavy atom. The molecule has 19 heavy (non-hydrogen) atoms. The Morgan fingerprint density at radius 1 is 1.21 bits per heavy atom. The number of hydrogen-bond acceptors (Lipinski definition) is 3. The fourth-order valence-electron chi connectivity index (χ4n) is 2.16. The molecule has 2 N–H and O–H groups in total. The lowest BCUT2D eigenvalue weighted by Gasteiger charge is -2.29. The Morgan fingerprint density at radius 3 is 2.32 bits per heavy atom. The maximum Gasteiger partial charge on any atom is 0.335 e. The van der Waals surface area contributed by atoms with Gasteiger partial charge in [-0.1, -0.05) is 6.42 Å². The summed E-state index contributed by atoms with van der Waals surface area (Å²) in [7, 11) is 0. The van der Waals surface area contributed by atoms with Gasteiger partial charge < -0.3 is 14.9 Å². The van der Waals surface area contributed by atoms with Crippen LogP contribution in [0.5, 0.6) is 5.75 Å². The number of carbonyl (C=O) groups is 1. The molecule has 0 saturated heterocycles. The Labute approximate surface area is 128 Å². The summed E-state index contributed by atoms with van der Waals surface area (Å²) in [6, 6.07) is 3.00. The lowest BCUT2D eigenvalue weighted by molar-refractivity contribution is 0.00607. The molecule has 0 aliphatic heterocycles. The minimum absolute atomic E-state index is 0.176. The van der Waals surface area contributed by atoms with Crippen LogP contribution in [0.4, 0.5) is 0 Å². The number of carboxylic acid groups (broad SMARTS) is 1. The van der Waals surface area contributed by atoms with Crippen LogP contribution in [0.2, 0.25) is 0 Å². The van der Waals surface area contributed by atoms with Gasteiger partial charge in [0.05, 0.1) is 20.6 Å². The standard InChI is InChI=1S/C13H14Br2O4/c14-8-5-7(13(17)18)6-9(15)12(8)19-11-4-2-1-3-10(11)16/h5-6,10-11,16H,1-4H2,(H,17,18). The topological polar surface area (TPSA) is 66.8 Å². The molecule has 0 amide bonds. The molecule has 0 aromatic heterocycles. The summed E-state index contributed by atoms with van der Waals surface area (Å²) < 4.78 is 6.96. The lowest BCUT2D eigenvalue weighted by atomic mass is 9.95. The van der Waals surface area contributed by atoms with Crippen LogP contribution in [0.25, 0.3) is 0 Å². The third kappa shape index (κ3) is 3.49. The van der Waals surface area contributed by atoms with Crippen LogP contribution >= 0.6 is 31.9 Å². The molecule has 2 atom stereocenters. The number of halogens is 2. The quantitative estimate of drug-likeness (QED) is 0.823. The normalized spacial score (nSPS) is 23.1. The number of benzene rings is 1. The zero-order valence-electron chi connectivity index (χ0n) is 10.1. The van der Waals surface area contributed by atoms with Gasteiger partial charge in [-0.3, -0.25) is 0 Å². The Hall–Kier alpha value is -0.590. The number of hydrogen-bond donors (Lipinski definition) is 2. The van der Waals surface area contributed by atoms with E-state index in [1.807, 2.05) is 0 Å². The van der Waals surface area contributed by atoms with Gasteiger partial charge >= 0.3 is 5.97 Å². The minimum atomic E-state index is -0.995. The SMILES string of the molecule is O=C(O)c1cc(Br)c(OC2CCCCC2O)c(Br)c1. The van der Waals surface area contributed by atoms with E-state index < -0.39 is 12.1 Å². The summed E-state index contributed by atoms with van der Waals surface area (Å²) in [6.45, 7) is 0. The van der Waals surface area contributed by atoms with Crippen LogP contribution in [-0.2, 0) is 0 Å². The van der Waals surface area contributed by atoms with Crippen molar-refractivity contribution in [2.24, 2.45) is 0 Å². The first kappa shape index (κ1) is 14.8. The molecule has 0 spiro atoms. The van der Waals surface area contributed by atoms with E-state index in [0.717, 1.165) is 25.7 Å². The largest absolute Gasteiger partial charge is 0.485 e. The molecule has 1 aromatic rings. The molecular weight excluding hydrogens is 380 g/mol.